The van der Waals surface area contributed by atoms with Crippen molar-refractivity contribution in [1.29, 1.82) is 0 Å². The Morgan fingerprint density at radius 1 is 0.944 bits per heavy atom. The van der Waals surface area contributed by atoms with Gasteiger partial charge < -0.3 is 5.32 Å². The normalized spacial score (nSPS) is 10.4. The minimum atomic E-state index is 0.710. The molecule has 0 aromatic heterocycles. The molecule has 0 spiro atoms. The van der Waals surface area contributed by atoms with E-state index in [1.54, 1.807) is 0 Å². The summed E-state index contributed by atoms with van der Waals surface area (Å²) in [6.45, 7) is 0.718. The van der Waals surface area contributed by atoms with Crippen LogP contribution < -0.4 is 5.32 Å². The lowest BCUT2D eigenvalue weighted by Crippen LogP contribution is -2.00. The van der Waals surface area contributed by atoms with Gasteiger partial charge in [0, 0.05) is 26.2 Å². The van der Waals surface area contributed by atoms with Crippen molar-refractivity contribution >= 4 is 60.7 Å². The van der Waals surface area contributed by atoms with Crippen LogP contribution in [0.5, 0.6) is 0 Å². The smallest absolute Gasteiger partial charge is 0.0548 e. The van der Waals surface area contributed by atoms with Crippen molar-refractivity contribution in [2.45, 2.75) is 6.54 Å². The number of halogens is 4. The van der Waals surface area contributed by atoms with Crippen molar-refractivity contribution in [1.82, 2.24) is 0 Å². The summed E-state index contributed by atoms with van der Waals surface area (Å²) in [5, 5.41) is 4.76. The summed E-state index contributed by atoms with van der Waals surface area (Å²) in [6, 6.07) is 11.5. The summed E-state index contributed by atoms with van der Waals surface area (Å²) in [6.07, 6.45) is 0. The van der Waals surface area contributed by atoms with E-state index < -0.39 is 0 Å². The fraction of sp³-hybridized carbons (Fsp3) is 0.0769. The second kappa shape index (κ2) is 6.29. The fourth-order valence-electron chi connectivity index (χ4n) is 1.48. The molecule has 18 heavy (non-hydrogen) atoms. The molecule has 0 aliphatic heterocycles. The highest BCUT2D eigenvalue weighted by molar-refractivity contribution is 9.11. The maximum atomic E-state index is 5.95. The van der Waals surface area contributed by atoms with E-state index >= 15 is 0 Å². The summed E-state index contributed by atoms with van der Waals surface area (Å²) in [4.78, 5) is 0. The first-order valence-corrected chi connectivity index (χ1v) is 7.53. The molecule has 0 saturated heterocycles. The molecule has 5 heteroatoms. The van der Waals surface area contributed by atoms with E-state index in [0.717, 1.165) is 26.7 Å². The van der Waals surface area contributed by atoms with Gasteiger partial charge >= 0.3 is 0 Å². The topological polar surface area (TPSA) is 12.0 Å². The second-order valence-corrected chi connectivity index (χ2v) is 6.28. The van der Waals surface area contributed by atoms with Crippen LogP contribution in [0.1, 0.15) is 5.56 Å². The molecule has 1 nitrogen and oxygen atoms in total. The Kier molecular flexibility index (Phi) is 4.96. The molecular weight excluding hydrogens is 401 g/mol. The van der Waals surface area contributed by atoms with Gasteiger partial charge in [-0.05, 0) is 67.8 Å². The third kappa shape index (κ3) is 3.64. The predicted octanol–water partition coefficient (Wildman–Crippen LogP) is 6.13. The zero-order valence-electron chi connectivity index (χ0n) is 9.18. The molecule has 0 saturated carbocycles. The minimum Gasteiger partial charge on any atom is -0.380 e. The molecule has 0 heterocycles. The summed E-state index contributed by atoms with van der Waals surface area (Å²) >= 11 is 18.7. The Labute approximate surface area is 133 Å². The van der Waals surface area contributed by atoms with Crippen LogP contribution in [-0.2, 0) is 6.54 Å². The van der Waals surface area contributed by atoms with Crippen LogP contribution in [0.25, 0.3) is 0 Å². The molecule has 0 fully saturated rings. The Morgan fingerprint density at radius 3 is 2.39 bits per heavy atom. The van der Waals surface area contributed by atoms with E-state index in [0.29, 0.717) is 10.0 Å². The number of anilines is 1. The monoisotopic (exact) mass is 407 g/mol. The van der Waals surface area contributed by atoms with Crippen molar-refractivity contribution in [3.8, 4) is 0 Å². The van der Waals surface area contributed by atoms with Crippen LogP contribution in [0.4, 0.5) is 5.69 Å². The van der Waals surface area contributed by atoms with Gasteiger partial charge in [0.15, 0.2) is 0 Å². The first kappa shape index (κ1) is 14.2. The minimum absolute atomic E-state index is 0.710. The number of benzene rings is 2. The van der Waals surface area contributed by atoms with Gasteiger partial charge in [-0.15, -0.1) is 0 Å². The fourth-order valence-corrected chi connectivity index (χ4v) is 2.85. The highest BCUT2D eigenvalue weighted by Gasteiger charge is 2.02. The van der Waals surface area contributed by atoms with E-state index in [1.165, 1.54) is 0 Å². The first-order valence-electron chi connectivity index (χ1n) is 5.19. The van der Waals surface area contributed by atoms with Crippen molar-refractivity contribution in [2.24, 2.45) is 0 Å². The molecule has 2 aromatic carbocycles. The molecule has 0 amide bonds. The van der Waals surface area contributed by atoms with Crippen molar-refractivity contribution in [3.05, 3.63) is 61.0 Å². The van der Waals surface area contributed by atoms with Crippen LogP contribution in [0.2, 0.25) is 10.0 Å². The molecule has 1 N–H and O–H groups in total. The number of hydrogen-bond acceptors (Lipinski definition) is 1. The lowest BCUT2D eigenvalue weighted by molar-refractivity contribution is 1.14. The lowest BCUT2D eigenvalue weighted by atomic mass is 10.2. The molecule has 94 valence electrons. The summed E-state index contributed by atoms with van der Waals surface area (Å²) in [7, 11) is 0. The van der Waals surface area contributed by atoms with E-state index in [2.05, 4.69) is 37.2 Å². The van der Waals surface area contributed by atoms with Crippen LogP contribution in [-0.4, -0.2) is 0 Å². The average Bonchev–Trinajstić information content (AvgIpc) is 2.32. The first-order chi connectivity index (χ1) is 8.56. The second-order valence-electron chi connectivity index (χ2n) is 3.73. The molecule has 0 radical (unpaired) electrons. The maximum Gasteiger partial charge on any atom is 0.0548 e. The molecule has 2 aromatic rings. The zero-order valence-corrected chi connectivity index (χ0v) is 13.9. The van der Waals surface area contributed by atoms with Gasteiger partial charge in [0.05, 0.1) is 5.02 Å². The Morgan fingerprint density at radius 2 is 1.72 bits per heavy atom. The standard InChI is InChI=1S/C13H9Br2Cl2N/c14-10-5-8(1-3-12(10)17)7-18-13-4-2-9(16)6-11(13)15/h1-6,18H,7H2. The van der Waals surface area contributed by atoms with Crippen LogP contribution in [0, 0.1) is 0 Å². The van der Waals surface area contributed by atoms with Gasteiger partial charge in [-0.3, -0.25) is 0 Å². The van der Waals surface area contributed by atoms with E-state index in [-0.39, 0.29) is 0 Å². The van der Waals surface area contributed by atoms with Gasteiger partial charge in [0.2, 0.25) is 0 Å². The molecule has 0 unspecified atom stereocenters. The summed E-state index contributed by atoms with van der Waals surface area (Å²) in [5.41, 5.74) is 2.15. The Balaban J connectivity index is 2.09. The molecule has 0 aliphatic carbocycles. The molecule has 0 aliphatic rings. The van der Waals surface area contributed by atoms with Crippen molar-refractivity contribution < 1.29 is 0 Å². The molecule has 2 rings (SSSR count). The Bertz CT molecular complexity index is 573. The third-order valence-corrected chi connectivity index (χ3v) is 4.50. The van der Waals surface area contributed by atoms with Crippen LogP contribution in [0.3, 0.4) is 0 Å². The summed E-state index contributed by atoms with van der Waals surface area (Å²) < 4.78 is 1.85. The van der Waals surface area contributed by atoms with E-state index in [4.69, 9.17) is 23.2 Å². The van der Waals surface area contributed by atoms with Gasteiger partial charge in [-0.1, -0.05) is 29.3 Å². The van der Waals surface area contributed by atoms with Gasteiger partial charge in [-0.2, -0.15) is 0 Å². The maximum absolute atomic E-state index is 5.95. The number of rotatable bonds is 3. The largest absolute Gasteiger partial charge is 0.380 e. The average molecular weight is 410 g/mol. The van der Waals surface area contributed by atoms with Crippen molar-refractivity contribution in [2.75, 3.05) is 5.32 Å². The quantitative estimate of drug-likeness (QED) is 0.642. The lowest BCUT2D eigenvalue weighted by Gasteiger charge is -2.09. The number of hydrogen-bond donors (Lipinski definition) is 1. The molecule has 0 atom stereocenters. The van der Waals surface area contributed by atoms with E-state index in [1.807, 2.05) is 36.4 Å². The van der Waals surface area contributed by atoms with Gasteiger partial charge in [-0.25, -0.2) is 0 Å². The van der Waals surface area contributed by atoms with Crippen molar-refractivity contribution in [3.63, 3.8) is 0 Å². The highest BCUT2D eigenvalue weighted by atomic mass is 79.9. The van der Waals surface area contributed by atoms with Crippen LogP contribution in [0.15, 0.2) is 45.3 Å². The highest BCUT2D eigenvalue weighted by Crippen LogP contribution is 2.27. The predicted molar refractivity (Wildman–Crippen MR) is 85.6 cm³/mol. The zero-order chi connectivity index (χ0) is 13.1. The third-order valence-electron chi connectivity index (χ3n) is 2.40. The van der Waals surface area contributed by atoms with Gasteiger partial charge in [0.25, 0.3) is 0 Å². The molecule has 0 bridgehead atoms. The Hall–Kier alpha value is -0.220. The van der Waals surface area contributed by atoms with E-state index in [9.17, 15) is 0 Å². The number of nitrogens with one attached hydrogen (secondary N) is 1. The summed E-state index contributed by atoms with van der Waals surface area (Å²) in [5.74, 6) is 0. The van der Waals surface area contributed by atoms with Crippen LogP contribution >= 0.6 is 55.1 Å². The van der Waals surface area contributed by atoms with Gasteiger partial charge in [0.1, 0.15) is 0 Å². The molecular formula is C13H9Br2Cl2N. The SMILES string of the molecule is Clc1ccc(NCc2ccc(Cl)c(Br)c2)c(Br)c1.